The summed E-state index contributed by atoms with van der Waals surface area (Å²) in [5.41, 5.74) is -0.706. The molecule has 1 aliphatic heterocycles. The van der Waals surface area contributed by atoms with Gasteiger partial charge in [-0.1, -0.05) is 15.9 Å². The Bertz CT molecular complexity index is 730. The summed E-state index contributed by atoms with van der Waals surface area (Å²) < 4.78 is 32.9. The Balaban J connectivity index is 1.86. The summed E-state index contributed by atoms with van der Waals surface area (Å²) in [6.07, 6.45) is 0. The summed E-state index contributed by atoms with van der Waals surface area (Å²) >= 11 is 3.38. The van der Waals surface area contributed by atoms with E-state index in [1.54, 1.807) is 12.1 Å². The molecule has 3 rings (SSSR count). The molecule has 6 heteroatoms. The average Bonchev–Trinajstić information content (AvgIpc) is 2.72. The predicted octanol–water partition coefficient (Wildman–Crippen LogP) is 4.68. The van der Waals surface area contributed by atoms with Crippen molar-refractivity contribution in [3.05, 3.63) is 52.8 Å². The largest absolute Gasteiger partial charge is 0.497 e. The SMILES string of the molecule is CC1(C)OB(c2cc(Oc3ccc(Br)cc3)ccc2F)OC1(C)C. The highest BCUT2D eigenvalue weighted by Crippen LogP contribution is 2.37. The van der Waals surface area contributed by atoms with Gasteiger partial charge in [0.05, 0.1) is 11.2 Å². The van der Waals surface area contributed by atoms with E-state index >= 15 is 0 Å². The Morgan fingerprint density at radius 2 is 1.46 bits per heavy atom. The molecular formula is C18H19BBrFO3. The summed E-state index contributed by atoms with van der Waals surface area (Å²) in [6.45, 7) is 7.75. The molecule has 0 aromatic heterocycles. The number of hydrogen-bond donors (Lipinski definition) is 0. The molecule has 0 spiro atoms. The fraction of sp³-hybridized carbons (Fsp3) is 0.333. The highest BCUT2D eigenvalue weighted by molar-refractivity contribution is 9.10. The van der Waals surface area contributed by atoms with Crippen LogP contribution in [0, 0.1) is 5.82 Å². The van der Waals surface area contributed by atoms with Gasteiger partial charge in [-0.25, -0.2) is 4.39 Å². The molecule has 0 amide bonds. The lowest BCUT2D eigenvalue weighted by Gasteiger charge is -2.32. The van der Waals surface area contributed by atoms with Gasteiger partial charge in [-0.3, -0.25) is 0 Å². The lowest BCUT2D eigenvalue weighted by atomic mass is 9.78. The Kier molecular flexibility index (Phi) is 4.49. The molecule has 126 valence electrons. The third-order valence-corrected chi connectivity index (χ3v) is 5.05. The van der Waals surface area contributed by atoms with Crippen molar-refractivity contribution < 1.29 is 18.4 Å². The first-order chi connectivity index (χ1) is 11.2. The Labute approximate surface area is 150 Å². The standard InChI is InChI=1S/C18H19BBrFO3/c1-17(2)18(3,4)24-19(23-17)15-11-14(9-10-16(15)21)22-13-7-5-12(20)6-8-13/h5-11H,1-4H3. The zero-order valence-corrected chi connectivity index (χ0v) is 15.7. The summed E-state index contributed by atoms with van der Waals surface area (Å²) in [7, 11) is -0.761. The monoisotopic (exact) mass is 392 g/mol. The van der Waals surface area contributed by atoms with Gasteiger partial charge >= 0.3 is 7.12 Å². The number of rotatable bonds is 3. The van der Waals surface area contributed by atoms with E-state index in [4.69, 9.17) is 14.0 Å². The molecule has 24 heavy (non-hydrogen) atoms. The molecule has 1 aliphatic rings. The number of hydrogen-bond acceptors (Lipinski definition) is 3. The van der Waals surface area contributed by atoms with Gasteiger partial charge < -0.3 is 14.0 Å². The van der Waals surface area contributed by atoms with Crippen molar-refractivity contribution in [1.82, 2.24) is 0 Å². The van der Waals surface area contributed by atoms with E-state index in [1.807, 2.05) is 52.0 Å². The predicted molar refractivity (Wildman–Crippen MR) is 96.3 cm³/mol. The van der Waals surface area contributed by atoms with Crippen LogP contribution in [0.5, 0.6) is 11.5 Å². The molecule has 0 saturated carbocycles. The van der Waals surface area contributed by atoms with Gasteiger partial charge in [0.1, 0.15) is 17.3 Å². The Morgan fingerprint density at radius 3 is 2.04 bits per heavy atom. The molecule has 0 bridgehead atoms. The van der Waals surface area contributed by atoms with E-state index in [0.29, 0.717) is 17.0 Å². The third-order valence-electron chi connectivity index (χ3n) is 4.52. The van der Waals surface area contributed by atoms with Crippen LogP contribution in [0.1, 0.15) is 27.7 Å². The summed E-state index contributed by atoms with van der Waals surface area (Å²) in [6, 6.07) is 12.0. The normalized spacial score (nSPS) is 18.7. The first-order valence-corrected chi connectivity index (χ1v) is 8.56. The zero-order chi connectivity index (χ0) is 17.5. The van der Waals surface area contributed by atoms with Crippen molar-refractivity contribution in [2.75, 3.05) is 0 Å². The van der Waals surface area contributed by atoms with Gasteiger partial charge in [0.2, 0.25) is 0 Å². The van der Waals surface area contributed by atoms with Gasteiger partial charge in [0, 0.05) is 9.94 Å². The second-order valence-electron chi connectivity index (χ2n) is 6.83. The summed E-state index contributed by atoms with van der Waals surface area (Å²) in [4.78, 5) is 0. The molecule has 2 aromatic rings. The minimum Gasteiger partial charge on any atom is -0.457 e. The van der Waals surface area contributed by atoms with Crippen LogP contribution in [0.2, 0.25) is 0 Å². The molecule has 1 heterocycles. The maximum atomic E-state index is 14.3. The molecular weight excluding hydrogens is 374 g/mol. The molecule has 0 atom stereocenters. The van der Waals surface area contributed by atoms with Crippen LogP contribution in [0.25, 0.3) is 0 Å². The second-order valence-corrected chi connectivity index (χ2v) is 7.74. The van der Waals surface area contributed by atoms with Crippen molar-refractivity contribution in [2.45, 2.75) is 38.9 Å². The van der Waals surface area contributed by atoms with Gasteiger partial charge in [0.15, 0.2) is 0 Å². The maximum Gasteiger partial charge on any atom is 0.497 e. The van der Waals surface area contributed by atoms with Crippen LogP contribution in [-0.4, -0.2) is 18.3 Å². The first-order valence-electron chi connectivity index (χ1n) is 7.76. The van der Waals surface area contributed by atoms with E-state index in [1.165, 1.54) is 6.07 Å². The van der Waals surface area contributed by atoms with Crippen LogP contribution in [0.15, 0.2) is 46.9 Å². The maximum absolute atomic E-state index is 14.3. The van der Waals surface area contributed by atoms with Crippen molar-refractivity contribution in [2.24, 2.45) is 0 Å². The van der Waals surface area contributed by atoms with Crippen LogP contribution in [0.4, 0.5) is 4.39 Å². The minimum atomic E-state index is -0.761. The van der Waals surface area contributed by atoms with Crippen molar-refractivity contribution in [3.63, 3.8) is 0 Å². The quantitative estimate of drug-likeness (QED) is 0.709. The summed E-state index contributed by atoms with van der Waals surface area (Å²) in [5, 5.41) is 0. The van der Waals surface area contributed by atoms with Crippen LogP contribution in [-0.2, 0) is 9.31 Å². The third kappa shape index (κ3) is 3.36. The lowest BCUT2D eigenvalue weighted by molar-refractivity contribution is 0.00578. The van der Waals surface area contributed by atoms with E-state index in [-0.39, 0.29) is 5.82 Å². The van der Waals surface area contributed by atoms with Crippen molar-refractivity contribution >= 4 is 28.5 Å². The van der Waals surface area contributed by atoms with Crippen LogP contribution >= 0.6 is 15.9 Å². The number of ether oxygens (including phenoxy) is 1. The van der Waals surface area contributed by atoms with E-state index in [9.17, 15) is 4.39 Å². The van der Waals surface area contributed by atoms with Gasteiger partial charge in [0.25, 0.3) is 0 Å². The summed E-state index contributed by atoms with van der Waals surface area (Å²) in [5.74, 6) is 0.824. The molecule has 0 radical (unpaired) electrons. The van der Waals surface area contributed by atoms with Gasteiger partial charge in [-0.15, -0.1) is 0 Å². The Morgan fingerprint density at radius 1 is 0.917 bits per heavy atom. The van der Waals surface area contributed by atoms with Crippen LogP contribution in [0.3, 0.4) is 0 Å². The van der Waals surface area contributed by atoms with Gasteiger partial charge in [-0.2, -0.15) is 0 Å². The Hall–Kier alpha value is -1.37. The first kappa shape index (κ1) is 17.5. The number of halogens is 2. The van der Waals surface area contributed by atoms with E-state index in [2.05, 4.69) is 15.9 Å². The van der Waals surface area contributed by atoms with E-state index in [0.717, 1.165) is 4.47 Å². The molecule has 0 N–H and O–H groups in total. The smallest absolute Gasteiger partial charge is 0.457 e. The van der Waals surface area contributed by atoms with E-state index < -0.39 is 18.3 Å². The second kappa shape index (κ2) is 6.17. The zero-order valence-electron chi connectivity index (χ0n) is 14.1. The van der Waals surface area contributed by atoms with Crippen LogP contribution < -0.4 is 10.2 Å². The fourth-order valence-corrected chi connectivity index (χ4v) is 2.64. The van der Waals surface area contributed by atoms with Crippen molar-refractivity contribution in [3.8, 4) is 11.5 Å². The van der Waals surface area contributed by atoms with Crippen molar-refractivity contribution in [1.29, 1.82) is 0 Å². The molecule has 1 fully saturated rings. The highest BCUT2D eigenvalue weighted by Gasteiger charge is 2.52. The average molecular weight is 393 g/mol. The molecule has 1 saturated heterocycles. The molecule has 3 nitrogen and oxygen atoms in total. The fourth-order valence-electron chi connectivity index (χ4n) is 2.37. The number of benzene rings is 2. The molecule has 0 aliphatic carbocycles. The highest BCUT2D eigenvalue weighted by atomic mass is 79.9. The molecule has 2 aromatic carbocycles. The van der Waals surface area contributed by atoms with Gasteiger partial charge in [-0.05, 0) is 70.2 Å². The lowest BCUT2D eigenvalue weighted by Crippen LogP contribution is -2.41. The molecule has 0 unspecified atom stereocenters. The minimum absolute atomic E-state index is 0.336. The topological polar surface area (TPSA) is 27.7 Å².